The van der Waals surface area contributed by atoms with Gasteiger partial charge in [-0.1, -0.05) is 51.1 Å². The second kappa shape index (κ2) is 9.98. The maximum absolute atomic E-state index is 4.89. The Morgan fingerprint density at radius 3 is 1.21 bits per heavy atom. The van der Waals surface area contributed by atoms with E-state index in [1.54, 1.807) is 0 Å². The Hall–Kier alpha value is -4.11. The van der Waals surface area contributed by atoms with E-state index >= 15 is 0 Å². The van der Waals surface area contributed by atoms with Gasteiger partial charge in [0.05, 0.1) is 33.8 Å². The van der Waals surface area contributed by atoms with Crippen molar-refractivity contribution in [3.63, 3.8) is 0 Å². The molecule has 4 aromatic heterocycles. The van der Waals surface area contributed by atoms with Gasteiger partial charge in [0.25, 0.3) is 0 Å². The highest BCUT2D eigenvalue weighted by Crippen LogP contribution is 2.28. The monoisotopic (exact) mass is 526 g/mol. The van der Waals surface area contributed by atoms with Crippen LogP contribution in [0.3, 0.4) is 0 Å². The highest BCUT2D eigenvalue weighted by molar-refractivity contribution is 6.84. The maximum atomic E-state index is 4.89. The van der Waals surface area contributed by atoms with Gasteiger partial charge in [0.1, 0.15) is 16.1 Å². The Labute approximate surface area is 226 Å². The molecule has 186 valence electrons. The summed E-state index contributed by atoms with van der Waals surface area (Å²) < 4.78 is 0. The first-order valence-corrected chi connectivity index (χ1v) is 19.7. The van der Waals surface area contributed by atoms with Gasteiger partial charge in [0.15, 0.2) is 0 Å². The molecular weight excluding hydrogens is 497 g/mol. The first-order chi connectivity index (χ1) is 18.0. The van der Waals surface area contributed by atoms with Crippen molar-refractivity contribution in [1.29, 1.82) is 0 Å². The summed E-state index contributed by atoms with van der Waals surface area (Å²) in [6.45, 7) is 13.4. The molecule has 0 aliphatic carbocycles. The van der Waals surface area contributed by atoms with E-state index in [0.29, 0.717) is 0 Å². The molecule has 0 atom stereocenters. The minimum absolute atomic E-state index is 0.836. The fourth-order valence-corrected chi connectivity index (χ4v) is 4.90. The van der Waals surface area contributed by atoms with Crippen molar-refractivity contribution in [2.45, 2.75) is 39.3 Å². The molecule has 1 aromatic carbocycles. The molecule has 5 rings (SSSR count). The topological polar surface area (TPSA) is 51.6 Å². The van der Waals surface area contributed by atoms with Crippen molar-refractivity contribution in [1.82, 2.24) is 19.9 Å². The van der Waals surface area contributed by atoms with Crippen molar-refractivity contribution in [2.75, 3.05) is 0 Å². The molecule has 0 bridgehead atoms. The Morgan fingerprint density at radius 2 is 0.868 bits per heavy atom. The number of rotatable bonds is 2. The molecule has 0 radical (unpaired) electrons. The number of aromatic nitrogens is 4. The SMILES string of the molecule is C[Si](C)(C)C#Cc1ccc(-c2ccc3c(ccc4nc(-c5ccc(C#C[Si](C)(C)C)cn5)ccc43)n2)nc1. The van der Waals surface area contributed by atoms with E-state index in [1.807, 2.05) is 60.9 Å². The van der Waals surface area contributed by atoms with E-state index in [1.165, 1.54) is 0 Å². The molecule has 38 heavy (non-hydrogen) atoms. The van der Waals surface area contributed by atoms with Crippen LogP contribution in [0.25, 0.3) is 44.6 Å². The summed E-state index contributed by atoms with van der Waals surface area (Å²) in [5.74, 6) is 6.51. The molecule has 0 unspecified atom stereocenters. The van der Waals surface area contributed by atoms with Crippen molar-refractivity contribution in [3.8, 4) is 45.7 Å². The quantitative estimate of drug-likeness (QED) is 0.137. The van der Waals surface area contributed by atoms with E-state index in [2.05, 4.69) is 84.3 Å². The Balaban J connectivity index is 1.42. The van der Waals surface area contributed by atoms with Crippen LogP contribution in [-0.2, 0) is 0 Å². The van der Waals surface area contributed by atoms with Gasteiger partial charge in [-0.05, 0) is 60.7 Å². The molecule has 0 aliphatic heterocycles. The molecule has 0 fully saturated rings. The first-order valence-electron chi connectivity index (χ1n) is 12.7. The average Bonchev–Trinajstić information content (AvgIpc) is 2.90. The summed E-state index contributed by atoms with van der Waals surface area (Å²) in [6, 6.07) is 20.3. The van der Waals surface area contributed by atoms with Crippen LogP contribution in [0.2, 0.25) is 39.3 Å². The smallest absolute Gasteiger partial charge is 0.129 e. The summed E-state index contributed by atoms with van der Waals surface area (Å²) in [5, 5.41) is 2.13. The van der Waals surface area contributed by atoms with E-state index in [9.17, 15) is 0 Å². The van der Waals surface area contributed by atoms with Crippen LogP contribution < -0.4 is 0 Å². The zero-order chi connectivity index (χ0) is 26.9. The molecule has 0 saturated carbocycles. The van der Waals surface area contributed by atoms with E-state index < -0.39 is 16.1 Å². The van der Waals surface area contributed by atoms with Crippen molar-refractivity contribution < 1.29 is 0 Å². The van der Waals surface area contributed by atoms with Crippen LogP contribution in [-0.4, -0.2) is 36.1 Å². The summed E-state index contributed by atoms with van der Waals surface area (Å²) in [6.07, 6.45) is 3.67. The van der Waals surface area contributed by atoms with Gasteiger partial charge in [-0.3, -0.25) is 9.97 Å². The largest absolute Gasteiger partial charge is 0.253 e. The molecule has 5 aromatic rings. The van der Waals surface area contributed by atoms with Crippen molar-refractivity contribution >= 4 is 38.0 Å². The summed E-state index contributed by atoms with van der Waals surface area (Å²) >= 11 is 0. The normalized spacial score (nSPS) is 11.5. The number of hydrogen-bond acceptors (Lipinski definition) is 4. The number of hydrogen-bond donors (Lipinski definition) is 0. The summed E-state index contributed by atoms with van der Waals surface area (Å²) in [7, 11) is -2.84. The molecule has 6 heteroatoms. The third kappa shape index (κ3) is 6.06. The lowest BCUT2D eigenvalue weighted by atomic mass is 10.1. The molecule has 4 nitrogen and oxygen atoms in total. The lowest BCUT2D eigenvalue weighted by Gasteiger charge is -2.08. The third-order valence-corrected chi connectivity index (χ3v) is 7.50. The molecule has 0 saturated heterocycles. The summed E-state index contributed by atoms with van der Waals surface area (Å²) in [4.78, 5) is 19.0. The Bertz CT molecular complexity index is 1640. The van der Waals surface area contributed by atoms with Crippen molar-refractivity contribution in [2.24, 2.45) is 0 Å². The highest BCUT2D eigenvalue weighted by atomic mass is 28.3. The van der Waals surface area contributed by atoms with Crippen LogP contribution in [0, 0.1) is 22.9 Å². The second-order valence-corrected chi connectivity index (χ2v) is 21.0. The van der Waals surface area contributed by atoms with Gasteiger partial charge in [0.2, 0.25) is 0 Å². The minimum atomic E-state index is -1.42. The molecule has 0 aliphatic rings. The van der Waals surface area contributed by atoms with Gasteiger partial charge in [0, 0.05) is 34.3 Å². The summed E-state index contributed by atoms with van der Waals surface area (Å²) in [5.41, 5.74) is 13.8. The number of benzene rings is 1. The van der Waals surface area contributed by atoms with E-state index in [4.69, 9.17) is 9.97 Å². The van der Waals surface area contributed by atoms with Crippen LogP contribution in [0.4, 0.5) is 0 Å². The third-order valence-electron chi connectivity index (χ3n) is 5.75. The minimum Gasteiger partial charge on any atom is -0.253 e. The molecule has 4 heterocycles. The maximum Gasteiger partial charge on any atom is 0.129 e. The lowest BCUT2D eigenvalue weighted by molar-refractivity contribution is 1.26. The zero-order valence-electron chi connectivity index (χ0n) is 22.7. The number of fused-ring (bicyclic) bond motifs is 3. The molecule has 0 spiro atoms. The Kier molecular flexibility index (Phi) is 6.71. The fraction of sp³-hybridized carbons (Fsp3) is 0.188. The van der Waals surface area contributed by atoms with Gasteiger partial charge in [-0.2, -0.15) is 0 Å². The zero-order valence-corrected chi connectivity index (χ0v) is 24.7. The van der Waals surface area contributed by atoms with Crippen LogP contribution >= 0.6 is 0 Å². The first kappa shape index (κ1) is 25.5. The highest BCUT2D eigenvalue weighted by Gasteiger charge is 2.11. The van der Waals surface area contributed by atoms with E-state index in [-0.39, 0.29) is 0 Å². The predicted molar refractivity (Wildman–Crippen MR) is 164 cm³/mol. The van der Waals surface area contributed by atoms with Crippen LogP contribution in [0.1, 0.15) is 11.1 Å². The van der Waals surface area contributed by atoms with Gasteiger partial charge < -0.3 is 0 Å². The van der Waals surface area contributed by atoms with Crippen LogP contribution in [0.15, 0.2) is 73.1 Å². The molecular formula is C32H30N4Si2. The average molecular weight is 527 g/mol. The Morgan fingerprint density at radius 1 is 0.474 bits per heavy atom. The number of nitrogens with zero attached hydrogens (tertiary/aromatic N) is 4. The fourth-order valence-electron chi connectivity index (χ4n) is 3.86. The van der Waals surface area contributed by atoms with Gasteiger partial charge in [-0.25, -0.2) is 9.97 Å². The second-order valence-electron chi connectivity index (χ2n) is 11.5. The molecule has 0 N–H and O–H groups in total. The lowest BCUT2D eigenvalue weighted by Crippen LogP contribution is -2.16. The predicted octanol–water partition coefficient (Wildman–Crippen LogP) is 7.36. The standard InChI is InChI=1S/C32H30N4Si2/c1-37(2,3)19-17-23-7-11-29(33-21-23)31-13-9-25-26-10-14-32(36-28(26)16-15-27(25)35-31)30-12-8-24(22-34-30)18-20-38(4,5)6/h7-16,21-22H,1-6H3. The molecule has 0 amide bonds. The van der Waals surface area contributed by atoms with Crippen molar-refractivity contribution in [3.05, 3.63) is 84.2 Å². The number of pyridine rings is 4. The van der Waals surface area contributed by atoms with Gasteiger partial charge >= 0.3 is 0 Å². The van der Waals surface area contributed by atoms with E-state index in [0.717, 1.165) is 55.7 Å². The van der Waals surface area contributed by atoms with Crippen LogP contribution in [0.5, 0.6) is 0 Å². The van der Waals surface area contributed by atoms with Gasteiger partial charge in [-0.15, -0.1) is 11.1 Å².